The van der Waals surface area contributed by atoms with Gasteiger partial charge in [-0.2, -0.15) is 13.2 Å². The summed E-state index contributed by atoms with van der Waals surface area (Å²) in [5.74, 6) is -0.446. The summed E-state index contributed by atoms with van der Waals surface area (Å²) >= 11 is 0. The average Bonchev–Trinajstić information content (AvgIpc) is 3.29. The van der Waals surface area contributed by atoms with Crippen molar-refractivity contribution in [2.75, 3.05) is 26.4 Å². The molecule has 4 rings (SSSR count). The van der Waals surface area contributed by atoms with Crippen molar-refractivity contribution in [1.29, 1.82) is 0 Å². The fourth-order valence-electron chi connectivity index (χ4n) is 3.21. The van der Waals surface area contributed by atoms with E-state index >= 15 is 0 Å². The minimum atomic E-state index is -4.36. The lowest BCUT2D eigenvalue weighted by atomic mass is 10.0. The summed E-state index contributed by atoms with van der Waals surface area (Å²) < 4.78 is 71.5. The van der Waals surface area contributed by atoms with Crippen LogP contribution in [-0.2, 0) is 19.8 Å². The average molecular weight is 495 g/mol. The van der Waals surface area contributed by atoms with Crippen LogP contribution in [0.1, 0.15) is 17.1 Å². The number of aromatic nitrogens is 1. The fraction of sp³-hybridized carbons (Fsp3) is 0.261. The Labute approximate surface area is 193 Å². The van der Waals surface area contributed by atoms with Gasteiger partial charge in [0.05, 0.1) is 30.7 Å². The smallest absolute Gasteiger partial charge is 0.416 e. The molecule has 1 fully saturated rings. The van der Waals surface area contributed by atoms with Crippen molar-refractivity contribution in [3.63, 3.8) is 0 Å². The minimum absolute atomic E-state index is 0.155. The van der Waals surface area contributed by atoms with Crippen molar-refractivity contribution < 1.29 is 41.4 Å². The molecule has 1 atom stereocenters. The molecule has 1 N–H and O–H groups in total. The van der Waals surface area contributed by atoms with Gasteiger partial charge in [0.25, 0.3) is 0 Å². The predicted molar refractivity (Wildman–Crippen MR) is 117 cm³/mol. The molecule has 0 amide bonds. The van der Waals surface area contributed by atoms with Crippen molar-refractivity contribution >= 4 is 7.60 Å². The van der Waals surface area contributed by atoms with E-state index in [4.69, 9.17) is 18.5 Å². The summed E-state index contributed by atoms with van der Waals surface area (Å²) in [6.45, 7) is 0.774. The van der Waals surface area contributed by atoms with Crippen molar-refractivity contribution in [1.82, 2.24) is 4.98 Å². The van der Waals surface area contributed by atoms with E-state index in [0.717, 1.165) is 17.7 Å². The maximum atomic E-state index is 12.7. The Balaban J connectivity index is 1.24. The number of aliphatic hydroxyl groups excluding tert-OH is 1. The number of benzene rings is 2. The molecule has 1 saturated heterocycles. The van der Waals surface area contributed by atoms with E-state index in [-0.39, 0.29) is 32.1 Å². The topological polar surface area (TPSA) is 87.1 Å². The van der Waals surface area contributed by atoms with E-state index in [1.165, 1.54) is 24.4 Å². The zero-order valence-corrected chi connectivity index (χ0v) is 18.7. The Hall–Kier alpha value is -2.91. The third-order valence-corrected chi connectivity index (χ3v) is 6.92. The first-order valence-electron chi connectivity index (χ1n) is 10.3. The lowest BCUT2D eigenvalue weighted by Crippen LogP contribution is -2.09. The standard InChI is InChI=1S/C23H21F3NO6P/c24-23(25,26)18-5-1-16(2-6-18)17-3-7-19(8-4-17)30-11-12-31-20-9-10-21(27-15-20)22(28)34(29)32-13-14-33-34/h1-10,15,22,28H,11-14H2. The van der Waals surface area contributed by atoms with Crippen LogP contribution in [0.5, 0.6) is 11.5 Å². The number of halogens is 3. The maximum absolute atomic E-state index is 12.7. The van der Waals surface area contributed by atoms with Crippen LogP contribution in [0.4, 0.5) is 13.2 Å². The number of hydrogen-bond donors (Lipinski definition) is 1. The Bertz CT molecular complexity index is 1130. The lowest BCUT2D eigenvalue weighted by Gasteiger charge is -2.16. The molecule has 2 heterocycles. The van der Waals surface area contributed by atoms with Gasteiger partial charge in [-0.15, -0.1) is 0 Å². The largest absolute Gasteiger partial charge is 0.490 e. The zero-order chi connectivity index (χ0) is 24.2. The Morgan fingerprint density at radius 2 is 1.41 bits per heavy atom. The fourth-order valence-corrected chi connectivity index (χ4v) is 4.71. The van der Waals surface area contributed by atoms with E-state index in [2.05, 4.69) is 4.98 Å². The number of rotatable bonds is 8. The highest BCUT2D eigenvalue weighted by Gasteiger charge is 2.40. The van der Waals surface area contributed by atoms with Crippen LogP contribution < -0.4 is 9.47 Å². The van der Waals surface area contributed by atoms with Gasteiger partial charge < -0.3 is 23.6 Å². The monoisotopic (exact) mass is 495 g/mol. The lowest BCUT2D eigenvalue weighted by molar-refractivity contribution is -0.137. The van der Waals surface area contributed by atoms with Crippen LogP contribution in [0, 0.1) is 0 Å². The number of ether oxygens (including phenoxy) is 2. The van der Waals surface area contributed by atoms with Gasteiger partial charge in [0.1, 0.15) is 24.7 Å². The van der Waals surface area contributed by atoms with Crippen LogP contribution in [0.2, 0.25) is 0 Å². The third kappa shape index (κ3) is 5.77. The van der Waals surface area contributed by atoms with Gasteiger partial charge in [-0.3, -0.25) is 9.55 Å². The molecule has 2 aromatic carbocycles. The van der Waals surface area contributed by atoms with Crippen LogP contribution in [0.15, 0.2) is 66.9 Å². The van der Waals surface area contributed by atoms with Gasteiger partial charge in [-0.1, -0.05) is 24.3 Å². The molecule has 0 spiro atoms. The molecule has 180 valence electrons. The van der Waals surface area contributed by atoms with Gasteiger partial charge in [-0.25, -0.2) is 0 Å². The Morgan fingerprint density at radius 1 is 0.882 bits per heavy atom. The first-order chi connectivity index (χ1) is 16.2. The van der Waals surface area contributed by atoms with Crippen molar-refractivity contribution in [2.24, 2.45) is 0 Å². The van der Waals surface area contributed by atoms with Crippen LogP contribution in [0.25, 0.3) is 11.1 Å². The number of aliphatic hydroxyl groups is 1. The van der Waals surface area contributed by atoms with Crippen LogP contribution in [-0.4, -0.2) is 36.5 Å². The van der Waals surface area contributed by atoms with Crippen molar-refractivity contribution in [2.45, 2.75) is 12.0 Å². The zero-order valence-electron chi connectivity index (χ0n) is 17.8. The Morgan fingerprint density at radius 3 is 1.94 bits per heavy atom. The number of nitrogens with zero attached hydrogens (tertiary/aromatic N) is 1. The van der Waals surface area contributed by atoms with E-state index in [0.29, 0.717) is 17.1 Å². The summed E-state index contributed by atoms with van der Waals surface area (Å²) in [7, 11) is -3.60. The Kier molecular flexibility index (Phi) is 7.23. The first-order valence-corrected chi connectivity index (χ1v) is 11.9. The van der Waals surface area contributed by atoms with Crippen molar-refractivity contribution in [3.8, 4) is 22.6 Å². The highest BCUT2D eigenvalue weighted by atomic mass is 31.2. The van der Waals surface area contributed by atoms with E-state index < -0.39 is 25.2 Å². The molecule has 0 bridgehead atoms. The summed E-state index contributed by atoms with van der Waals surface area (Å²) in [6.07, 6.45) is -2.97. The second kappa shape index (κ2) is 10.1. The highest BCUT2D eigenvalue weighted by Crippen LogP contribution is 2.61. The predicted octanol–water partition coefficient (Wildman–Crippen LogP) is 5.46. The van der Waals surface area contributed by atoms with Gasteiger partial charge in [0, 0.05) is 0 Å². The number of alkyl halides is 3. The second-order valence-corrected chi connectivity index (χ2v) is 9.38. The number of pyridine rings is 1. The molecule has 3 aromatic rings. The molecular formula is C23H21F3NO6P. The number of hydrogen-bond acceptors (Lipinski definition) is 7. The summed E-state index contributed by atoms with van der Waals surface area (Å²) in [4.78, 5) is 4.05. The van der Waals surface area contributed by atoms with Gasteiger partial charge >= 0.3 is 13.8 Å². The summed E-state index contributed by atoms with van der Waals surface area (Å²) in [6, 6.07) is 15.0. The molecule has 1 aliphatic heterocycles. The molecule has 11 heteroatoms. The minimum Gasteiger partial charge on any atom is -0.490 e. The summed E-state index contributed by atoms with van der Waals surface area (Å²) in [5, 5.41) is 10.2. The molecule has 1 unspecified atom stereocenters. The van der Waals surface area contributed by atoms with Crippen LogP contribution in [0.3, 0.4) is 0 Å². The molecule has 1 aromatic heterocycles. The van der Waals surface area contributed by atoms with Gasteiger partial charge in [0.15, 0.2) is 5.85 Å². The molecule has 0 saturated carbocycles. The SMILES string of the molecule is O=P1(C(O)c2ccc(OCCOc3ccc(-c4ccc(C(F)(F)F)cc4)cc3)cn2)OCCO1. The first kappa shape index (κ1) is 24.2. The highest BCUT2D eigenvalue weighted by molar-refractivity contribution is 7.54. The van der Waals surface area contributed by atoms with E-state index in [9.17, 15) is 22.8 Å². The molecule has 34 heavy (non-hydrogen) atoms. The summed E-state index contributed by atoms with van der Waals surface area (Å²) in [5.41, 5.74) is 0.897. The molecule has 0 aliphatic carbocycles. The van der Waals surface area contributed by atoms with E-state index in [1.807, 2.05) is 0 Å². The molecular weight excluding hydrogens is 474 g/mol. The second-order valence-electron chi connectivity index (χ2n) is 7.30. The quantitative estimate of drug-likeness (QED) is 0.328. The van der Waals surface area contributed by atoms with Gasteiger partial charge in [-0.05, 0) is 47.5 Å². The van der Waals surface area contributed by atoms with E-state index in [1.54, 1.807) is 30.3 Å². The third-order valence-electron chi connectivity index (χ3n) is 4.97. The molecule has 1 aliphatic rings. The molecule has 7 nitrogen and oxygen atoms in total. The maximum Gasteiger partial charge on any atom is 0.416 e. The molecule has 0 radical (unpaired) electrons. The van der Waals surface area contributed by atoms with Crippen molar-refractivity contribution in [3.05, 3.63) is 78.1 Å². The normalized spacial score (nSPS) is 16.2. The van der Waals surface area contributed by atoms with Gasteiger partial charge in [0.2, 0.25) is 0 Å². The van der Waals surface area contributed by atoms with Crippen LogP contribution >= 0.6 is 7.60 Å².